The van der Waals surface area contributed by atoms with Crippen LogP contribution in [0.1, 0.15) is 12.8 Å². The standard InChI is InChI=1S/C18H15ClN4O3/c19-13-4-1-5-14-15(13)16(24)23(12-3-2-8-20-9-12)17(21-14)22(18(25)26)10-11-6-7-11/h1-5,8-9,11H,6-7,10H2,(H,25,26). The maximum atomic E-state index is 13.2. The summed E-state index contributed by atoms with van der Waals surface area (Å²) in [5.74, 6) is 0.345. The Bertz CT molecular complexity index is 1050. The van der Waals surface area contributed by atoms with Gasteiger partial charge < -0.3 is 5.11 Å². The van der Waals surface area contributed by atoms with E-state index in [0.717, 1.165) is 17.7 Å². The van der Waals surface area contributed by atoms with Crippen LogP contribution in [0.4, 0.5) is 10.7 Å². The molecule has 132 valence electrons. The number of amides is 1. The molecule has 0 unspecified atom stereocenters. The van der Waals surface area contributed by atoms with Crippen LogP contribution in [0.25, 0.3) is 16.6 Å². The molecule has 7 nitrogen and oxygen atoms in total. The van der Waals surface area contributed by atoms with Gasteiger partial charge in [0.05, 0.1) is 27.8 Å². The van der Waals surface area contributed by atoms with Gasteiger partial charge in [-0.15, -0.1) is 0 Å². The van der Waals surface area contributed by atoms with E-state index in [4.69, 9.17) is 11.6 Å². The molecule has 0 aliphatic heterocycles. The number of hydrogen-bond acceptors (Lipinski definition) is 4. The first-order chi connectivity index (χ1) is 12.6. The van der Waals surface area contributed by atoms with Crippen molar-refractivity contribution in [3.8, 4) is 5.69 Å². The zero-order valence-corrected chi connectivity index (χ0v) is 14.4. The second kappa shape index (κ2) is 6.42. The molecule has 0 bridgehead atoms. The smallest absolute Gasteiger partial charge is 0.414 e. The fourth-order valence-electron chi connectivity index (χ4n) is 2.88. The molecule has 1 aromatic carbocycles. The molecule has 3 aromatic rings. The number of carbonyl (C=O) groups is 1. The van der Waals surface area contributed by atoms with E-state index < -0.39 is 11.7 Å². The second-order valence-corrected chi connectivity index (χ2v) is 6.64. The van der Waals surface area contributed by atoms with E-state index in [9.17, 15) is 14.7 Å². The van der Waals surface area contributed by atoms with Gasteiger partial charge in [0, 0.05) is 12.7 Å². The van der Waals surface area contributed by atoms with Crippen LogP contribution in [-0.4, -0.2) is 32.3 Å². The van der Waals surface area contributed by atoms with Crippen molar-refractivity contribution in [2.45, 2.75) is 12.8 Å². The summed E-state index contributed by atoms with van der Waals surface area (Å²) >= 11 is 6.21. The zero-order chi connectivity index (χ0) is 18.3. The Hall–Kier alpha value is -2.93. The van der Waals surface area contributed by atoms with E-state index in [-0.39, 0.29) is 16.4 Å². The minimum Gasteiger partial charge on any atom is -0.465 e. The molecule has 0 radical (unpaired) electrons. The van der Waals surface area contributed by atoms with E-state index in [1.54, 1.807) is 36.5 Å². The lowest BCUT2D eigenvalue weighted by Crippen LogP contribution is -2.37. The Morgan fingerprint density at radius 3 is 2.77 bits per heavy atom. The first-order valence-electron chi connectivity index (χ1n) is 8.18. The lowest BCUT2D eigenvalue weighted by Gasteiger charge is -2.22. The molecular weight excluding hydrogens is 356 g/mol. The SMILES string of the molecule is O=C(O)N(CC1CC1)c1nc2cccc(Cl)c2c(=O)n1-c1cccnc1. The minimum absolute atomic E-state index is 0.0529. The predicted octanol–water partition coefficient (Wildman–Crippen LogP) is 3.33. The summed E-state index contributed by atoms with van der Waals surface area (Å²) in [7, 11) is 0. The summed E-state index contributed by atoms with van der Waals surface area (Å²) < 4.78 is 1.26. The molecule has 1 aliphatic rings. The minimum atomic E-state index is -1.15. The first kappa shape index (κ1) is 16.5. The number of carboxylic acid groups (broad SMARTS) is 1. The molecule has 4 rings (SSSR count). The van der Waals surface area contributed by atoms with Crippen molar-refractivity contribution in [1.29, 1.82) is 0 Å². The van der Waals surface area contributed by atoms with Crippen LogP contribution >= 0.6 is 11.6 Å². The highest BCUT2D eigenvalue weighted by molar-refractivity contribution is 6.35. The number of rotatable bonds is 4. The average Bonchev–Trinajstić information content (AvgIpc) is 3.44. The van der Waals surface area contributed by atoms with Crippen LogP contribution in [0.2, 0.25) is 5.02 Å². The van der Waals surface area contributed by atoms with Crippen LogP contribution < -0.4 is 10.5 Å². The zero-order valence-electron chi connectivity index (χ0n) is 13.7. The summed E-state index contributed by atoms with van der Waals surface area (Å²) in [5.41, 5.74) is 0.370. The lowest BCUT2D eigenvalue weighted by molar-refractivity contribution is 0.201. The van der Waals surface area contributed by atoms with Crippen LogP contribution in [-0.2, 0) is 0 Å². The fraction of sp³-hybridized carbons (Fsp3) is 0.222. The highest BCUT2D eigenvalue weighted by atomic mass is 35.5. The number of pyridine rings is 1. The Morgan fingerprint density at radius 2 is 2.12 bits per heavy atom. The van der Waals surface area contributed by atoms with Gasteiger partial charge in [-0.25, -0.2) is 19.2 Å². The molecule has 0 atom stereocenters. The molecular formula is C18H15ClN4O3. The number of hydrogen-bond donors (Lipinski definition) is 1. The van der Waals surface area contributed by atoms with E-state index in [1.165, 1.54) is 10.8 Å². The van der Waals surface area contributed by atoms with Crippen molar-refractivity contribution < 1.29 is 9.90 Å². The molecule has 2 aromatic heterocycles. The number of anilines is 1. The van der Waals surface area contributed by atoms with Crippen LogP contribution in [0, 0.1) is 5.92 Å². The molecule has 1 fully saturated rings. The van der Waals surface area contributed by atoms with E-state index in [1.807, 2.05) is 0 Å². The molecule has 1 amide bonds. The van der Waals surface area contributed by atoms with Crippen molar-refractivity contribution >= 4 is 34.5 Å². The maximum absolute atomic E-state index is 13.2. The third-order valence-electron chi connectivity index (χ3n) is 4.34. The number of aromatic nitrogens is 3. The summed E-state index contributed by atoms with van der Waals surface area (Å²) in [5, 5.41) is 10.2. The molecule has 0 spiro atoms. The first-order valence-corrected chi connectivity index (χ1v) is 8.56. The van der Waals surface area contributed by atoms with Gasteiger partial charge in [-0.1, -0.05) is 17.7 Å². The molecule has 2 heterocycles. The number of nitrogens with zero attached hydrogens (tertiary/aromatic N) is 4. The van der Waals surface area contributed by atoms with Crippen LogP contribution in [0.3, 0.4) is 0 Å². The van der Waals surface area contributed by atoms with E-state index in [2.05, 4.69) is 9.97 Å². The van der Waals surface area contributed by atoms with Gasteiger partial charge in [0.25, 0.3) is 5.56 Å². The van der Waals surface area contributed by atoms with Gasteiger partial charge in [-0.3, -0.25) is 9.78 Å². The Balaban J connectivity index is 2.04. The molecule has 8 heteroatoms. The highest BCUT2D eigenvalue weighted by Gasteiger charge is 2.31. The van der Waals surface area contributed by atoms with Crippen molar-refractivity contribution in [3.63, 3.8) is 0 Å². The van der Waals surface area contributed by atoms with Crippen molar-refractivity contribution in [2.75, 3.05) is 11.4 Å². The molecule has 26 heavy (non-hydrogen) atoms. The summed E-state index contributed by atoms with van der Waals surface area (Å²) in [6.07, 6.45) is 3.87. The van der Waals surface area contributed by atoms with Gasteiger partial charge in [0.15, 0.2) is 0 Å². The lowest BCUT2D eigenvalue weighted by atomic mass is 10.2. The summed E-state index contributed by atoms with van der Waals surface area (Å²) in [4.78, 5) is 34.7. The molecule has 1 aliphatic carbocycles. The van der Waals surface area contributed by atoms with Crippen molar-refractivity contribution in [3.05, 3.63) is 58.1 Å². The van der Waals surface area contributed by atoms with Crippen molar-refractivity contribution in [1.82, 2.24) is 14.5 Å². The maximum Gasteiger partial charge on any atom is 0.414 e. The Kier molecular flexibility index (Phi) is 4.08. The summed E-state index contributed by atoms with van der Waals surface area (Å²) in [6, 6.07) is 8.30. The summed E-state index contributed by atoms with van der Waals surface area (Å²) in [6.45, 7) is 0.300. The highest BCUT2D eigenvalue weighted by Crippen LogP contribution is 2.32. The van der Waals surface area contributed by atoms with Gasteiger partial charge in [0.1, 0.15) is 0 Å². The van der Waals surface area contributed by atoms with Crippen molar-refractivity contribution in [2.24, 2.45) is 5.92 Å². The van der Waals surface area contributed by atoms with E-state index >= 15 is 0 Å². The van der Waals surface area contributed by atoms with Gasteiger partial charge in [-0.2, -0.15) is 0 Å². The fourth-order valence-corrected chi connectivity index (χ4v) is 3.13. The molecule has 1 N–H and O–H groups in total. The van der Waals surface area contributed by atoms with Gasteiger partial charge in [-0.05, 0) is 43.0 Å². The number of benzene rings is 1. The van der Waals surface area contributed by atoms with Gasteiger partial charge >= 0.3 is 6.09 Å². The Morgan fingerprint density at radius 1 is 1.31 bits per heavy atom. The topological polar surface area (TPSA) is 88.3 Å². The monoisotopic (exact) mass is 370 g/mol. The Labute approximate surface area is 153 Å². The molecule has 1 saturated carbocycles. The predicted molar refractivity (Wildman–Crippen MR) is 98.2 cm³/mol. The third kappa shape index (κ3) is 2.90. The van der Waals surface area contributed by atoms with Crippen LogP contribution in [0.5, 0.6) is 0 Å². The quantitative estimate of drug-likeness (QED) is 0.761. The molecule has 0 saturated heterocycles. The largest absolute Gasteiger partial charge is 0.465 e. The normalized spacial score (nSPS) is 13.7. The van der Waals surface area contributed by atoms with E-state index in [0.29, 0.717) is 23.7 Å². The number of fused-ring (bicyclic) bond motifs is 1. The van der Waals surface area contributed by atoms with Crippen LogP contribution in [0.15, 0.2) is 47.5 Å². The average molecular weight is 371 g/mol. The van der Waals surface area contributed by atoms with Gasteiger partial charge in [0.2, 0.25) is 5.95 Å². The third-order valence-corrected chi connectivity index (χ3v) is 4.66. The number of halogens is 1. The second-order valence-electron chi connectivity index (χ2n) is 6.23.